The first-order valence-corrected chi connectivity index (χ1v) is 19.7. The molecule has 0 saturated carbocycles. The molecule has 0 aliphatic heterocycles. The third kappa shape index (κ3) is 11.5. The van der Waals surface area contributed by atoms with E-state index in [4.69, 9.17) is 37.9 Å². The van der Waals surface area contributed by atoms with Crippen LogP contribution in [0.15, 0.2) is 60.7 Å². The maximum Gasteiger partial charge on any atom is 0.126 e. The topological polar surface area (TPSA) is 121 Å². The van der Waals surface area contributed by atoms with Crippen LogP contribution in [0.5, 0.6) is 23.0 Å². The fourth-order valence-corrected chi connectivity index (χ4v) is 6.95. The van der Waals surface area contributed by atoms with Crippen molar-refractivity contribution in [3.8, 4) is 35.1 Å². The number of fused-ring (bicyclic) bond motifs is 8. The molecular weight excluding hydrogens is 709 g/mol. The third-order valence-corrected chi connectivity index (χ3v) is 9.34. The lowest BCUT2D eigenvalue weighted by molar-refractivity contribution is 0.108. The molecule has 0 aromatic heterocycles. The zero-order valence-corrected chi connectivity index (χ0v) is 33.2. The molecule has 0 radical (unpaired) electrons. The summed E-state index contributed by atoms with van der Waals surface area (Å²) in [6.45, 7) is 13.3. The molecule has 0 unspecified atom stereocenters. The molecule has 4 aromatic carbocycles. The molecule has 8 bridgehead atoms. The highest BCUT2D eigenvalue weighted by molar-refractivity contribution is 5.58. The Hall–Kier alpha value is -5.10. The van der Waals surface area contributed by atoms with Crippen molar-refractivity contribution in [1.29, 1.82) is 10.5 Å². The smallest absolute Gasteiger partial charge is 0.126 e. The average Bonchev–Trinajstić information content (AvgIpc) is 3.20. The molecule has 0 fully saturated rings. The van der Waals surface area contributed by atoms with Crippen molar-refractivity contribution in [2.45, 2.75) is 53.4 Å². The molecule has 10 nitrogen and oxygen atoms in total. The van der Waals surface area contributed by atoms with Gasteiger partial charge < -0.3 is 37.9 Å². The first-order valence-electron chi connectivity index (χ1n) is 19.7. The van der Waals surface area contributed by atoms with E-state index in [1.165, 1.54) is 0 Å². The molecule has 0 heterocycles. The van der Waals surface area contributed by atoms with Gasteiger partial charge in [0.25, 0.3) is 0 Å². The van der Waals surface area contributed by atoms with E-state index < -0.39 is 0 Å². The lowest BCUT2D eigenvalue weighted by Crippen LogP contribution is -2.14. The minimum atomic E-state index is 0.344. The SMILES string of the molecule is CCOCCOc1c2cccc1Cc1cc(C#N)cc(c1OCCOCC)Cc1cccc(c1OCCOCC)Cc1cc(C#N)cc(c1OCCOCC)C2. The summed E-state index contributed by atoms with van der Waals surface area (Å²) in [4.78, 5) is 0. The molecule has 0 N–H and O–H groups in total. The molecule has 5 rings (SSSR count). The van der Waals surface area contributed by atoms with Crippen molar-refractivity contribution in [3.05, 3.63) is 116 Å². The molecule has 296 valence electrons. The predicted octanol–water partition coefficient (Wildman–Crippen LogP) is 7.77. The summed E-state index contributed by atoms with van der Waals surface area (Å²) >= 11 is 0. The van der Waals surface area contributed by atoms with E-state index >= 15 is 0 Å². The van der Waals surface area contributed by atoms with Crippen molar-refractivity contribution in [2.24, 2.45) is 0 Å². The summed E-state index contributed by atoms with van der Waals surface area (Å²) < 4.78 is 49.0. The number of benzene rings is 4. The molecule has 1 aliphatic rings. The second-order valence-corrected chi connectivity index (χ2v) is 13.2. The van der Waals surface area contributed by atoms with Gasteiger partial charge in [0.15, 0.2) is 0 Å². The van der Waals surface area contributed by atoms with Crippen LogP contribution in [-0.4, -0.2) is 79.3 Å². The number of ether oxygens (including phenoxy) is 8. The van der Waals surface area contributed by atoms with Gasteiger partial charge in [-0.25, -0.2) is 0 Å². The molecule has 4 aromatic rings. The Balaban J connectivity index is 1.76. The van der Waals surface area contributed by atoms with Gasteiger partial charge in [0.2, 0.25) is 0 Å². The Bertz CT molecular complexity index is 1730. The standard InChI is InChI=1S/C46H54N2O8/c1-5-49-15-19-53-43-35-11-9-12-36(43)28-40-24-34(32-48)26-42(46(40)56-22-18-52-8-4)30-38-14-10-13-37(44(38)54-20-16-50-6-2)29-41-25-33(31-47)23-39(27-35)45(41)55-21-17-51-7-3/h9-14,23-26H,5-8,15-22,27-30H2,1-4H3. The lowest BCUT2D eigenvalue weighted by Gasteiger charge is -2.23. The number of rotatable bonds is 20. The van der Waals surface area contributed by atoms with E-state index in [9.17, 15) is 10.5 Å². The van der Waals surface area contributed by atoms with Crippen molar-refractivity contribution < 1.29 is 37.9 Å². The molecule has 0 amide bonds. The van der Waals surface area contributed by atoms with E-state index in [0.717, 1.165) is 56.0 Å². The highest BCUT2D eigenvalue weighted by Gasteiger charge is 2.23. The largest absolute Gasteiger partial charge is 0.491 e. The Kier molecular flexibility index (Phi) is 16.9. The van der Waals surface area contributed by atoms with Gasteiger partial charge in [-0.1, -0.05) is 36.4 Å². The van der Waals surface area contributed by atoms with Gasteiger partial charge in [-0.2, -0.15) is 10.5 Å². The van der Waals surface area contributed by atoms with Gasteiger partial charge in [-0.15, -0.1) is 0 Å². The first-order chi connectivity index (χ1) is 27.5. The van der Waals surface area contributed by atoms with Crippen LogP contribution in [0.25, 0.3) is 0 Å². The quantitative estimate of drug-likeness (QED) is 0.0728. The molecule has 1 aliphatic carbocycles. The Morgan fingerprint density at radius 1 is 0.393 bits per heavy atom. The van der Waals surface area contributed by atoms with Gasteiger partial charge in [-0.05, 0) is 74.2 Å². The highest BCUT2D eigenvalue weighted by atomic mass is 16.5. The lowest BCUT2D eigenvalue weighted by atomic mass is 9.90. The predicted molar refractivity (Wildman–Crippen MR) is 214 cm³/mol. The summed E-state index contributed by atoms with van der Waals surface area (Å²) in [6, 6.07) is 24.7. The van der Waals surface area contributed by atoms with Crippen LogP contribution in [0, 0.1) is 22.7 Å². The van der Waals surface area contributed by atoms with Crippen LogP contribution in [-0.2, 0) is 44.6 Å². The molecule has 10 heteroatoms. The summed E-state index contributed by atoms with van der Waals surface area (Å²) in [6.07, 6.45) is 1.74. The second kappa shape index (κ2) is 22.5. The number of para-hydroxylation sites is 2. The van der Waals surface area contributed by atoms with E-state index in [-0.39, 0.29) is 0 Å². The van der Waals surface area contributed by atoms with E-state index in [1.54, 1.807) is 0 Å². The van der Waals surface area contributed by atoms with Gasteiger partial charge >= 0.3 is 0 Å². The first kappa shape index (κ1) is 42.1. The zero-order chi connectivity index (χ0) is 39.5. The van der Waals surface area contributed by atoms with E-state index in [0.29, 0.717) is 128 Å². The number of nitriles is 2. The Morgan fingerprint density at radius 2 is 0.643 bits per heavy atom. The van der Waals surface area contributed by atoms with Crippen LogP contribution in [0.4, 0.5) is 0 Å². The van der Waals surface area contributed by atoms with E-state index in [1.807, 2.05) is 64.1 Å². The van der Waals surface area contributed by atoms with Crippen molar-refractivity contribution in [2.75, 3.05) is 79.3 Å². The molecule has 56 heavy (non-hydrogen) atoms. The summed E-state index contributed by atoms with van der Waals surface area (Å²) in [5.41, 5.74) is 8.22. The van der Waals surface area contributed by atoms with Gasteiger partial charge in [0.05, 0.1) is 49.7 Å². The molecule has 0 saturated heterocycles. The van der Waals surface area contributed by atoms with Crippen LogP contribution >= 0.6 is 0 Å². The van der Waals surface area contributed by atoms with Crippen molar-refractivity contribution in [1.82, 2.24) is 0 Å². The summed E-state index contributed by atoms with van der Waals surface area (Å²) in [5.74, 6) is 2.87. The fraction of sp³-hybridized carbons (Fsp3) is 0.435. The second-order valence-electron chi connectivity index (χ2n) is 13.2. The fourth-order valence-electron chi connectivity index (χ4n) is 6.95. The molecule has 0 spiro atoms. The average molecular weight is 763 g/mol. The summed E-state index contributed by atoms with van der Waals surface area (Å²) in [5, 5.41) is 20.6. The minimum Gasteiger partial charge on any atom is -0.491 e. The third-order valence-electron chi connectivity index (χ3n) is 9.34. The van der Waals surface area contributed by atoms with Crippen LogP contribution in [0.2, 0.25) is 0 Å². The van der Waals surface area contributed by atoms with Crippen LogP contribution in [0.1, 0.15) is 83.3 Å². The van der Waals surface area contributed by atoms with Crippen molar-refractivity contribution in [3.63, 3.8) is 0 Å². The van der Waals surface area contributed by atoms with Gasteiger partial charge in [-0.3, -0.25) is 0 Å². The van der Waals surface area contributed by atoms with Gasteiger partial charge in [0.1, 0.15) is 49.4 Å². The zero-order valence-electron chi connectivity index (χ0n) is 33.2. The summed E-state index contributed by atoms with van der Waals surface area (Å²) in [7, 11) is 0. The molecular formula is C46H54N2O8. The number of nitrogens with zero attached hydrogens (tertiary/aromatic N) is 2. The number of hydrogen-bond acceptors (Lipinski definition) is 10. The normalized spacial score (nSPS) is 12.0. The van der Waals surface area contributed by atoms with E-state index in [2.05, 4.69) is 36.4 Å². The minimum absolute atomic E-state index is 0.344. The monoisotopic (exact) mass is 762 g/mol. The maximum atomic E-state index is 10.3. The van der Waals surface area contributed by atoms with Gasteiger partial charge in [0, 0.05) is 74.4 Å². The highest BCUT2D eigenvalue weighted by Crippen LogP contribution is 2.40. The number of hydrogen-bond donors (Lipinski definition) is 0. The van der Waals surface area contributed by atoms with Crippen LogP contribution < -0.4 is 18.9 Å². The molecule has 0 atom stereocenters. The Morgan fingerprint density at radius 3 is 0.875 bits per heavy atom. The van der Waals surface area contributed by atoms with Crippen LogP contribution in [0.3, 0.4) is 0 Å². The maximum absolute atomic E-state index is 10.3. The van der Waals surface area contributed by atoms with Crippen molar-refractivity contribution >= 4 is 0 Å². The Labute approximate surface area is 331 Å².